The number of carbonyl (C=O) groups is 3. The van der Waals surface area contributed by atoms with Gasteiger partial charge in [0.1, 0.15) is 0 Å². The lowest BCUT2D eigenvalue weighted by Crippen LogP contribution is -2.46. The zero-order valence-electron chi connectivity index (χ0n) is 18.8. The highest BCUT2D eigenvalue weighted by atomic mass is 35.5. The second-order valence-corrected chi connectivity index (χ2v) is 9.20. The number of rotatable bonds is 9. The van der Waals surface area contributed by atoms with Crippen LogP contribution in [0.15, 0.2) is 24.3 Å². The molecule has 1 aromatic heterocycles. The Kier molecular flexibility index (Phi) is 9.16. The maximum atomic E-state index is 12.9. The average molecular weight is 493 g/mol. The molecule has 0 radical (unpaired) electrons. The number of aromatic nitrogens is 2. The third-order valence-electron chi connectivity index (χ3n) is 5.59. The van der Waals surface area contributed by atoms with E-state index < -0.39 is 5.91 Å². The molecule has 3 rings (SSSR count). The second kappa shape index (κ2) is 12.1. The fourth-order valence-electron chi connectivity index (χ4n) is 3.68. The van der Waals surface area contributed by atoms with Crippen LogP contribution in [0.1, 0.15) is 46.3 Å². The molecule has 2 heterocycles. The molecule has 9 nitrogen and oxygen atoms in total. The molecule has 1 unspecified atom stereocenters. The predicted octanol–water partition coefficient (Wildman–Crippen LogP) is 2.75. The van der Waals surface area contributed by atoms with Crippen molar-refractivity contribution in [2.45, 2.75) is 26.7 Å². The molecule has 1 atom stereocenters. The summed E-state index contributed by atoms with van der Waals surface area (Å²) >= 11 is 6.87. The number of benzene rings is 1. The van der Waals surface area contributed by atoms with Crippen LogP contribution in [0.2, 0.25) is 5.02 Å². The first-order valence-electron chi connectivity index (χ1n) is 11.1. The minimum Gasteiger partial charge on any atom is -0.355 e. The number of hydrogen-bond acceptors (Lipinski definition) is 7. The number of halogens is 1. The first kappa shape index (κ1) is 25.1. The molecule has 1 saturated heterocycles. The van der Waals surface area contributed by atoms with Crippen LogP contribution in [0.5, 0.6) is 0 Å². The van der Waals surface area contributed by atoms with Gasteiger partial charge in [0, 0.05) is 36.9 Å². The molecule has 0 aliphatic carbocycles. The minimum atomic E-state index is -0.460. The van der Waals surface area contributed by atoms with Gasteiger partial charge in [0.15, 0.2) is 0 Å². The number of nitrogens with zero attached hydrogens (tertiary/aromatic N) is 4. The highest BCUT2D eigenvalue weighted by molar-refractivity contribution is 7.15. The Balaban J connectivity index is 1.54. The van der Waals surface area contributed by atoms with Gasteiger partial charge in [-0.25, -0.2) is 0 Å². The number of carbonyl (C=O) groups excluding carboxylic acids is 3. The summed E-state index contributed by atoms with van der Waals surface area (Å²) in [5.41, 5.74) is 0.529. The van der Waals surface area contributed by atoms with Gasteiger partial charge in [0.25, 0.3) is 11.8 Å². The van der Waals surface area contributed by atoms with E-state index in [1.807, 2.05) is 0 Å². The Hall–Kier alpha value is -2.56. The van der Waals surface area contributed by atoms with E-state index in [4.69, 9.17) is 11.6 Å². The third-order valence-corrected chi connectivity index (χ3v) is 6.73. The normalized spacial score (nSPS) is 16.0. The molecule has 0 saturated carbocycles. The van der Waals surface area contributed by atoms with E-state index in [2.05, 4.69) is 39.6 Å². The number of nitrogens with one attached hydrogen (secondary N) is 2. The summed E-state index contributed by atoms with van der Waals surface area (Å²) in [6, 6.07) is 6.75. The van der Waals surface area contributed by atoms with Crippen molar-refractivity contribution >= 4 is 46.3 Å². The maximum Gasteiger partial charge on any atom is 0.286 e. The molecule has 1 aliphatic heterocycles. The number of hydrogen-bond donors (Lipinski definition) is 2. The zero-order valence-corrected chi connectivity index (χ0v) is 20.4. The highest BCUT2D eigenvalue weighted by Gasteiger charge is 2.30. The molecule has 178 valence electrons. The van der Waals surface area contributed by atoms with E-state index in [9.17, 15) is 14.4 Å². The highest BCUT2D eigenvalue weighted by Crippen LogP contribution is 2.21. The molecule has 2 aromatic rings. The summed E-state index contributed by atoms with van der Waals surface area (Å²) < 4.78 is 0. The summed E-state index contributed by atoms with van der Waals surface area (Å²) in [5, 5.41) is 14.2. The predicted molar refractivity (Wildman–Crippen MR) is 129 cm³/mol. The van der Waals surface area contributed by atoms with E-state index in [0.29, 0.717) is 30.3 Å². The van der Waals surface area contributed by atoms with Crippen molar-refractivity contribution in [2.75, 3.05) is 44.6 Å². The SMILES string of the molecule is CCN(CC)CCNC(=O)C1CCCN(C(=O)c2nnc(C(=O)Nc3cccc(Cl)c3)s2)C1. The van der Waals surface area contributed by atoms with Crippen LogP contribution in [0.25, 0.3) is 0 Å². The average Bonchev–Trinajstić information content (AvgIpc) is 3.32. The van der Waals surface area contributed by atoms with E-state index in [1.165, 1.54) is 0 Å². The van der Waals surface area contributed by atoms with Gasteiger partial charge in [0.2, 0.25) is 15.9 Å². The number of amides is 3. The number of likely N-dealkylation sites (tertiary alicyclic amines) is 1. The summed E-state index contributed by atoms with van der Waals surface area (Å²) in [4.78, 5) is 41.8. The van der Waals surface area contributed by atoms with Crippen LogP contribution in [-0.4, -0.2) is 77.0 Å². The van der Waals surface area contributed by atoms with Crippen molar-refractivity contribution in [1.29, 1.82) is 0 Å². The molecule has 1 aliphatic rings. The first-order chi connectivity index (χ1) is 15.9. The van der Waals surface area contributed by atoms with Crippen LogP contribution in [0.3, 0.4) is 0 Å². The van der Waals surface area contributed by atoms with Crippen molar-refractivity contribution in [3.63, 3.8) is 0 Å². The van der Waals surface area contributed by atoms with E-state index in [1.54, 1.807) is 29.2 Å². The summed E-state index contributed by atoms with van der Waals surface area (Å²) in [6.07, 6.45) is 1.48. The fraction of sp³-hybridized carbons (Fsp3) is 0.500. The molecule has 0 bridgehead atoms. The largest absolute Gasteiger partial charge is 0.355 e. The standard InChI is InChI=1S/C22H29ClN6O3S/c1-3-28(4-2)12-10-24-18(30)15-7-6-11-29(14-15)22(32)21-27-26-20(33-21)19(31)25-17-9-5-8-16(23)13-17/h5,8-9,13,15H,3-4,6-7,10-12,14H2,1-2H3,(H,24,30)(H,25,31). The molecular weight excluding hydrogens is 464 g/mol. The van der Waals surface area contributed by atoms with Crippen LogP contribution in [0, 0.1) is 5.92 Å². The van der Waals surface area contributed by atoms with Crippen molar-refractivity contribution in [3.05, 3.63) is 39.3 Å². The molecule has 33 heavy (non-hydrogen) atoms. The Morgan fingerprint density at radius 3 is 2.70 bits per heavy atom. The van der Waals surface area contributed by atoms with Crippen molar-refractivity contribution in [3.8, 4) is 0 Å². The van der Waals surface area contributed by atoms with Crippen molar-refractivity contribution in [1.82, 2.24) is 25.3 Å². The van der Waals surface area contributed by atoms with Gasteiger partial charge in [0.05, 0.1) is 5.92 Å². The van der Waals surface area contributed by atoms with Crippen LogP contribution >= 0.6 is 22.9 Å². The summed E-state index contributed by atoms with van der Waals surface area (Å²) in [6.45, 7) is 8.35. The van der Waals surface area contributed by atoms with Gasteiger partial charge in [-0.1, -0.05) is 42.9 Å². The van der Waals surface area contributed by atoms with Gasteiger partial charge < -0.3 is 20.4 Å². The molecular formula is C22H29ClN6O3S. The fourth-order valence-corrected chi connectivity index (χ4v) is 4.58. The lowest BCUT2D eigenvalue weighted by molar-refractivity contribution is -0.126. The quantitative estimate of drug-likeness (QED) is 0.557. The van der Waals surface area contributed by atoms with Gasteiger partial charge in [-0.2, -0.15) is 0 Å². The Morgan fingerprint density at radius 1 is 1.21 bits per heavy atom. The van der Waals surface area contributed by atoms with E-state index in [0.717, 1.165) is 43.8 Å². The topological polar surface area (TPSA) is 108 Å². The monoisotopic (exact) mass is 492 g/mol. The summed E-state index contributed by atoms with van der Waals surface area (Å²) in [7, 11) is 0. The van der Waals surface area contributed by atoms with Crippen LogP contribution in [-0.2, 0) is 4.79 Å². The molecule has 1 aromatic carbocycles. The van der Waals surface area contributed by atoms with E-state index >= 15 is 0 Å². The molecule has 0 spiro atoms. The Labute approximate surface area is 202 Å². The first-order valence-corrected chi connectivity index (χ1v) is 12.3. The number of piperidine rings is 1. The summed E-state index contributed by atoms with van der Waals surface area (Å²) in [5.74, 6) is -1.05. The third kappa shape index (κ3) is 6.96. The molecule has 3 amide bonds. The minimum absolute atomic E-state index is 0.0292. The maximum absolute atomic E-state index is 12.9. The lowest BCUT2D eigenvalue weighted by atomic mass is 9.97. The lowest BCUT2D eigenvalue weighted by Gasteiger charge is -2.31. The van der Waals surface area contributed by atoms with Gasteiger partial charge in [-0.15, -0.1) is 10.2 Å². The van der Waals surface area contributed by atoms with Crippen molar-refractivity contribution < 1.29 is 14.4 Å². The molecule has 1 fully saturated rings. The second-order valence-electron chi connectivity index (χ2n) is 7.79. The van der Waals surface area contributed by atoms with Crippen LogP contribution < -0.4 is 10.6 Å². The Bertz CT molecular complexity index is 981. The smallest absolute Gasteiger partial charge is 0.286 e. The van der Waals surface area contributed by atoms with Crippen LogP contribution in [0.4, 0.5) is 5.69 Å². The molecule has 2 N–H and O–H groups in total. The molecule has 11 heteroatoms. The van der Waals surface area contributed by atoms with Gasteiger partial charge in [-0.3, -0.25) is 14.4 Å². The van der Waals surface area contributed by atoms with Crippen molar-refractivity contribution in [2.24, 2.45) is 5.92 Å². The zero-order chi connectivity index (χ0) is 23.8. The Morgan fingerprint density at radius 2 is 1.97 bits per heavy atom. The number of likely N-dealkylation sites (N-methyl/N-ethyl adjacent to an activating group) is 1. The van der Waals surface area contributed by atoms with Gasteiger partial charge >= 0.3 is 0 Å². The van der Waals surface area contributed by atoms with E-state index in [-0.39, 0.29) is 27.7 Å². The number of anilines is 1. The van der Waals surface area contributed by atoms with Gasteiger partial charge in [-0.05, 0) is 44.1 Å².